The Morgan fingerprint density at radius 3 is 2.59 bits per heavy atom. The molecule has 1 heterocycles. The second-order valence-corrected chi connectivity index (χ2v) is 5.53. The average Bonchev–Trinajstić information content (AvgIpc) is 3.08. The molecule has 5 nitrogen and oxygen atoms in total. The van der Waals surface area contributed by atoms with Crippen LogP contribution in [0.15, 0.2) is 5.16 Å². The lowest BCUT2D eigenvalue weighted by Gasteiger charge is -2.24. The summed E-state index contributed by atoms with van der Waals surface area (Å²) in [5, 5.41) is 0.696. The van der Waals surface area contributed by atoms with E-state index in [4.69, 9.17) is 5.73 Å². The molecule has 1 aromatic heterocycles. The summed E-state index contributed by atoms with van der Waals surface area (Å²) >= 11 is 1.50. The van der Waals surface area contributed by atoms with Crippen molar-refractivity contribution in [2.24, 2.45) is 5.92 Å². The fourth-order valence-electron chi connectivity index (χ4n) is 1.75. The molecule has 0 aromatic carbocycles. The van der Waals surface area contributed by atoms with Crippen molar-refractivity contribution in [3.63, 3.8) is 0 Å². The summed E-state index contributed by atoms with van der Waals surface area (Å²) in [5.41, 5.74) is 5.72. The number of aromatic nitrogens is 3. The number of rotatable bonds is 5. The largest absolute Gasteiger partial charge is 0.368 e. The van der Waals surface area contributed by atoms with Gasteiger partial charge in [0.15, 0.2) is 5.16 Å². The highest BCUT2D eigenvalue weighted by Gasteiger charge is 2.31. The SMILES string of the molecule is CSc1nc(N)nc(N(CC(C)C)C2CC2)n1. The summed E-state index contributed by atoms with van der Waals surface area (Å²) in [6.07, 6.45) is 4.41. The molecule has 0 unspecified atom stereocenters. The molecular formula is C11H19N5S. The molecule has 0 radical (unpaired) electrons. The van der Waals surface area contributed by atoms with Gasteiger partial charge in [0.05, 0.1) is 0 Å². The standard InChI is InChI=1S/C11H19N5S/c1-7(2)6-16(8-4-5-8)10-13-9(12)14-11(15-10)17-3/h7-8H,4-6H2,1-3H3,(H2,12,13,14,15). The van der Waals surface area contributed by atoms with E-state index in [0.717, 1.165) is 12.5 Å². The Balaban J connectivity index is 2.25. The second-order valence-electron chi connectivity index (χ2n) is 4.76. The zero-order chi connectivity index (χ0) is 12.4. The fraction of sp³-hybridized carbons (Fsp3) is 0.727. The molecule has 94 valence electrons. The van der Waals surface area contributed by atoms with Crippen molar-refractivity contribution < 1.29 is 0 Å². The van der Waals surface area contributed by atoms with E-state index in [9.17, 15) is 0 Å². The minimum atomic E-state index is 0.314. The molecule has 1 aromatic rings. The van der Waals surface area contributed by atoms with Crippen LogP contribution in [0.2, 0.25) is 0 Å². The van der Waals surface area contributed by atoms with E-state index in [1.165, 1.54) is 24.6 Å². The van der Waals surface area contributed by atoms with Crippen molar-refractivity contribution in [1.82, 2.24) is 15.0 Å². The maximum atomic E-state index is 5.72. The van der Waals surface area contributed by atoms with Gasteiger partial charge in [0, 0.05) is 12.6 Å². The first kappa shape index (κ1) is 12.4. The third kappa shape index (κ3) is 3.21. The van der Waals surface area contributed by atoms with E-state index in [1.807, 2.05) is 6.26 Å². The van der Waals surface area contributed by atoms with Gasteiger partial charge in [-0.05, 0) is 25.0 Å². The highest BCUT2D eigenvalue weighted by atomic mass is 32.2. The Morgan fingerprint density at radius 1 is 1.35 bits per heavy atom. The molecule has 1 fully saturated rings. The molecule has 0 bridgehead atoms. The maximum absolute atomic E-state index is 5.72. The number of nitrogen functional groups attached to an aromatic ring is 1. The van der Waals surface area contributed by atoms with Crippen molar-refractivity contribution in [3.8, 4) is 0 Å². The zero-order valence-electron chi connectivity index (χ0n) is 10.6. The highest BCUT2D eigenvalue weighted by molar-refractivity contribution is 7.98. The minimum Gasteiger partial charge on any atom is -0.368 e. The van der Waals surface area contributed by atoms with Crippen molar-refractivity contribution >= 4 is 23.7 Å². The Bertz CT molecular complexity index is 391. The first-order valence-corrected chi connectivity index (χ1v) is 7.14. The van der Waals surface area contributed by atoms with E-state index in [0.29, 0.717) is 23.1 Å². The molecule has 17 heavy (non-hydrogen) atoms. The van der Waals surface area contributed by atoms with Crippen LogP contribution in [0.1, 0.15) is 26.7 Å². The fourth-order valence-corrected chi connectivity index (χ4v) is 2.11. The van der Waals surface area contributed by atoms with Crippen LogP contribution in [0.3, 0.4) is 0 Å². The minimum absolute atomic E-state index is 0.314. The van der Waals surface area contributed by atoms with Gasteiger partial charge in [0.25, 0.3) is 0 Å². The van der Waals surface area contributed by atoms with Gasteiger partial charge in [-0.2, -0.15) is 15.0 Å². The normalized spacial score (nSPS) is 15.3. The van der Waals surface area contributed by atoms with Gasteiger partial charge in [-0.15, -0.1) is 0 Å². The van der Waals surface area contributed by atoms with Crippen LogP contribution in [0.5, 0.6) is 0 Å². The Labute approximate surface area is 106 Å². The Morgan fingerprint density at radius 2 is 2.06 bits per heavy atom. The third-order valence-electron chi connectivity index (χ3n) is 2.61. The zero-order valence-corrected chi connectivity index (χ0v) is 11.4. The average molecular weight is 253 g/mol. The monoisotopic (exact) mass is 253 g/mol. The molecule has 0 spiro atoms. The van der Waals surface area contributed by atoms with E-state index >= 15 is 0 Å². The Hall–Kier alpha value is -1.04. The molecule has 2 rings (SSSR count). The number of hydrogen-bond donors (Lipinski definition) is 1. The number of nitrogens with two attached hydrogens (primary N) is 1. The molecular weight excluding hydrogens is 234 g/mol. The van der Waals surface area contributed by atoms with Gasteiger partial charge in [-0.25, -0.2) is 0 Å². The van der Waals surface area contributed by atoms with Gasteiger partial charge in [-0.1, -0.05) is 25.6 Å². The van der Waals surface area contributed by atoms with Crippen LogP contribution in [-0.4, -0.2) is 33.8 Å². The summed E-state index contributed by atoms with van der Waals surface area (Å²) in [5.74, 6) is 1.64. The molecule has 6 heteroatoms. The van der Waals surface area contributed by atoms with Crippen molar-refractivity contribution in [3.05, 3.63) is 0 Å². The van der Waals surface area contributed by atoms with E-state index in [2.05, 4.69) is 33.7 Å². The molecule has 0 saturated heterocycles. The molecule has 1 aliphatic carbocycles. The van der Waals surface area contributed by atoms with Crippen LogP contribution in [0.25, 0.3) is 0 Å². The van der Waals surface area contributed by atoms with E-state index in [1.54, 1.807) is 0 Å². The van der Waals surface area contributed by atoms with Gasteiger partial charge in [0.1, 0.15) is 0 Å². The first-order chi connectivity index (χ1) is 8.10. The Kier molecular flexibility index (Phi) is 3.71. The predicted molar refractivity (Wildman–Crippen MR) is 71.2 cm³/mol. The quantitative estimate of drug-likeness (QED) is 0.807. The molecule has 1 saturated carbocycles. The molecule has 0 aliphatic heterocycles. The second kappa shape index (κ2) is 5.08. The van der Waals surface area contributed by atoms with Crippen LogP contribution in [-0.2, 0) is 0 Å². The highest BCUT2D eigenvalue weighted by Crippen LogP contribution is 2.31. The maximum Gasteiger partial charge on any atom is 0.231 e. The summed E-state index contributed by atoms with van der Waals surface area (Å²) in [7, 11) is 0. The van der Waals surface area contributed by atoms with Gasteiger partial charge in [-0.3, -0.25) is 0 Å². The molecule has 0 amide bonds. The number of anilines is 2. The smallest absolute Gasteiger partial charge is 0.231 e. The van der Waals surface area contributed by atoms with Gasteiger partial charge in [0.2, 0.25) is 11.9 Å². The van der Waals surface area contributed by atoms with Crippen molar-refractivity contribution in [2.45, 2.75) is 37.9 Å². The third-order valence-corrected chi connectivity index (χ3v) is 3.16. The first-order valence-electron chi connectivity index (χ1n) is 5.92. The number of thioether (sulfide) groups is 1. The van der Waals surface area contributed by atoms with Crippen molar-refractivity contribution in [1.29, 1.82) is 0 Å². The number of nitrogens with zero attached hydrogens (tertiary/aromatic N) is 4. The van der Waals surface area contributed by atoms with Crippen LogP contribution in [0, 0.1) is 5.92 Å². The van der Waals surface area contributed by atoms with Crippen LogP contribution in [0.4, 0.5) is 11.9 Å². The van der Waals surface area contributed by atoms with E-state index in [-0.39, 0.29) is 0 Å². The van der Waals surface area contributed by atoms with Crippen LogP contribution < -0.4 is 10.6 Å². The lowest BCUT2D eigenvalue weighted by Crippen LogP contribution is -2.32. The lowest BCUT2D eigenvalue weighted by atomic mass is 10.2. The van der Waals surface area contributed by atoms with Crippen LogP contribution >= 0.6 is 11.8 Å². The van der Waals surface area contributed by atoms with Crippen molar-refractivity contribution in [2.75, 3.05) is 23.4 Å². The molecule has 1 aliphatic rings. The summed E-state index contributed by atoms with van der Waals surface area (Å²) in [4.78, 5) is 15.1. The van der Waals surface area contributed by atoms with Gasteiger partial charge < -0.3 is 10.6 Å². The molecule has 0 atom stereocenters. The molecule has 2 N–H and O–H groups in total. The summed E-state index contributed by atoms with van der Waals surface area (Å²) < 4.78 is 0. The predicted octanol–water partition coefficient (Wildman–Crippen LogP) is 1.80. The van der Waals surface area contributed by atoms with Gasteiger partial charge >= 0.3 is 0 Å². The summed E-state index contributed by atoms with van der Waals surface area (Å²) in [6, 6.07) is 0.592. The summed E-state index contributed by atoms with van der Waals surface area (Å²) in [6.45, 7) is 5.38. The lowest BCUT2D eigenvalue weighted by molar-refractivity contribution is 0.593. The topological polar surface area (TPSA) is 67.9 Å². The number of hydrogen-bond acceptors (Lipinski definition) is 6. The van der Waals surface area contributed by atoms with E-state index < -0.39 is 0 Å².